The van der Waals surface area contributed by atoms with Gasteiger partial charge in [-0.05, 0) is 49.2 Å². The standard InChI is InChI=1S/C20H16N2/c1-13-8-9-16-17-11-14(2)21-12-19(17)20(18(16)10-13)22-15-6-4-3-5-7-15/h3-12H,1-2H3. The van der Waals surface area contributed by atoms with Gasteiger partial charge in [0, 0.05) is 23.0 Å². The minimum Gasteiger partial charge on any atom is -0.261 e. The van der Waals surface area contributed by atoms with Crippen LogP contribution in [0.2, 0.25) is 0 Å². The van der Waals surface area contributed by atoms with Crippen LogP contribution in [0.25, 0.3) is 11.1 Å². The van der Waals surface area contributed by atoms with Gasteiger partial charge in [-0.15, -0.1) is 0 Å². The van der Waals surface area contributed by atoms with Crippen molar-refractivity contribution in [2.24, 2.45) is 4.99 Å². The maximum atomic E-state index is 4.89. The van der Waals surface area contributed by atoms with Gasteiger partial charge in [0.2, 0.25) is 0 Å². The fourth-order valence-corrected chi connectivity index (χ4v) is 2.96. The molecule has 2 nitrogen and oxygen atoms in total. The number of fused-ring (bicyclic) bond motifs is 3. The number of hydrogen-bond acceptors (Lipinski definition) is 2. The van der Waals surface area contributed by atoms with E-state index in [1.54, 1.807) is 0 Å². The summed E-state index contributed by atoms with van der Waals surface area (Å²) in [5, 5.41) is 0. The number of rotatable bonds is 1. The molecule has 0 saturated heterocycles. The van der Waals surface area contributed by atoms with E-state index >= 15 is 0 Å². The zero-order valence-electron chi connectivity index (χ0n) is 12.7. The third-order valence-corrected chi connectivity index (χ3v) is 4.01. The zero-order chi connectivity index (χ0) is 15.1. The fraction of sp³-hybridized carbons (Fsp3) is 0.100. The Morgan fingerprint density at radius 2 is 1.59 bits per heavy atom. The molecule has 0 radical (unpaired) electrons. The Morgan fingerprint density at radius 1 is 0.773 bits per heavy atom. The molecule has 2 aromatic carbocycles. The van der Waals surface area contributed by atoms with Crippen molar-refractivity contribution in [1.29, 1.82) is 0 Å². The van der Waals surface area contributed by atoms with Crippen LogP contribution < -0.4 is 0 Å². The first-order valence-electron chi connectivity index (χ1n) is 7.44. The minimum absolute atomic E-state index is 0.971. The molecule has 0 bridgehead atoms. The molecule has 4 rings (SSSR count). The van der Waals surface area contributed by atoms with Crippen LogP contribution in [-0.4, -0.2) is 10.7 Å². The quantitative estimate of drug-likeness (QED) is 0.490. The van der Waals surface area contributed by atoms with Crippen LogP contribution in [0, 0.1) is 13.8 Å². The van der Waals surface area contributed by atoms with E-state index in [1.807, 2.05) is 43.5 Å². The number of aliphatic imine (C=N–C) groups is 1. The molecular weight excluding hydrogens is 268 g/mol. The molecule has 106 valence electrons. The van der Waals surface area contributed by atoms with E-state index in [1.165, 1.54) is 22.3 Å². The van der Waals surface area contributed by atoms with Gasteiger partial charge in [0.25, 0.3) is 0 Å². The summed E-state index contributed by atoms with van der Waals surface area (Å²) in [4.78, 5) is 9.36. The third kappa shape index (κ3) is 2.04. The summed E-state index contributed by atoms with van der Waals surface area (Å²) in [6.07, 6.45) is 1.95. The predicted octanol–water partition coefficient (Wildman–Crippen LogP) is 4.85. The average Bonchev–Trinajstić information content (AvgIpc) is 2.81. The van der Waals surface area contributed by atoms with Gasteiger partial charge in [0.05, 0.1) is 11.4 Å². The summed E-state index contributed by atoms with van der Waals surface area (Å²) in [7, 11) is 0. The van der Waals surface area contributed by atoms with Crippen LogP contribution in [-0.2, 0) is 0 Å². The summed E-state index contributed by atoms with van der Waals surface area (Å²) in [5.74, 6) is 0. The van der Waals surface area contributed by atoms with Gasteiger partial charge in [-0.1, -0.05) is 35.9 Å². The fourth-order valence-electron chi connectivity index (χ4n) is 2.96. The molecule has 0 spiro atoms. The monoisotopic (exact) mass is 284 g/mol. The van der Waals surface area contributed by atoms with E-state index in [-0.39, 0.29) is 0 Å². The third-order valence-electron chi connectivity index (χ3n) is 4.01. The smallest absolute Gasteiger partial charge is 0.0809 e. The highest BCUT2D eigenvalue weighted by atomic mass is 14.8. The zero-order valence-corrected chi connectivity index (χ0v) is 12.7. The second kappa shape index (κ2) is 4.92. The van der Waals surface area contributed by atoms with Crippen LogP contribution in [0.4, 0.5) is 5.69 Å². The molecule has 1 aliphatic carbocycles. The van der Waals surface area contributed by atoms with E-state index in [0.717, 1.165) is 22.7 Å². The Balaban J connectivity index is 2.00. The number of benzene rings is 2. The summed E-state index contributed by atoms with van der Waals surface area (Å²) in [5.41, 5.74) is 9.08. The second-order valence-electron chi connectivity index (χ2n) is 5.72. The second-order valence-corrected chi connectivity index (χ2v) is 5.72. The summed E-state index contributed by atoms with van der Waals surface area (Å²) < 4.78 is 0. The van der Waals surface area contributed by atoms with E-state index in [0.29, 0.717) is 0 Å². The van der Waals surface area contributed by atoms with Crippen molar-refractivity contribution in [1.82, 2.24) is 4.98 Å². The molecule has 0 N–H and O–H groups in total. The number of aryl methyl sites for hydroxylation is 2. The molecule has 1 aromatic heterocycles. The Labute approximate surface area is 130 Å². The Morgan fingerprint density at radius 3 is 2.41 bits per heavy atom. The van der Waals surface area contributed by atoms with Crippen molar-refractivity contribution < 1.29 is 0 Å². The topological polar surface area (TPSA) is 25.2 Å². The molecule has 0 aliphatic heterocycles. The molecule has 1 heterocycles. The van der Waals surface area contributed by atoms with Gasteiger partial charge < -0.3 is 0 Å². The molecular formula is C20H16N2. The lowest BCUT2D eigenvalue weighted by molar-refractivity contribution is 1.20. The molecule has 3 aromatic rings. The molecule has 1 aliphatic rings. The van der Waals surface area contributed by atoms with Crippen LogP contribution in [0.1, 0.15) is 22.4 Å². The van der Waals surface area contributed by atoms with E-state index in [4.69, 9.17) is 4.99 Å². The van der Waals surface area contributed by atoms with Crippen LogP contribution in [0.3, 0.4) is 0 Å². The van der Waals surface area contributed by atoms with Gasteiger partial charge >= 0.3 is 0 Å². The lowest BCUT2D eigenvalue weighted by Crippen LogP contribution is -1.99. The van der Waals surface area contributed by atoms with Gasteiger partial charge in [-0.3, -0.25) is 4.98 Å². The number of para-hydroxylation sites is 1. The Kier molecular flexibility index (Phi) is 2.90. The number of hydrogen-bond donors (Lipinski definition) is 0. The summed E-state index contributed by atoms with van der Waals surface area (Å²) in [6.45, 7) is 4.15. The molecule has 2 heteroatoms. The van der Waals surface area contributed by atoms with Gasteiger partial charge in [-0.25, -0.2) is 4.99 Å². The van der Waals surface area contributed by atoms with Gasteiger partial charge in [-0.2, -0.15) is 0 Å². The number of pyridine rings is 1. The molecule has 0 fully saturated rings. The maximum Gasteiger partial charge on any atom is 0.0809 e. The lowest BCUT2D eigenvalue weighted by Gasteiger charge is -2.03. The molecule has 0 amide bonds. The number of aromatic nitrogens is 1. The minimum atomic E-state index is 0.971. The van der Waals surface area contributed by atoms with Crippen molar-refractivity contribution >= 4 is 11.4 Å². The van der Waals surface area contributed by atoms with Crippen LogP contribution in [0.15, 0.2) is 65.8 Å². The lowest BCUT2D eigenvalue weighted by atomic mass is 10.0. The highest BCUT2D eigenvalue weighted by molar-refractivity contribution is 6.25. The van der Waals surface area contributed by atoms with E-state index < -0.39 is 0 Å². The van der Waals surface area contributed by atoms with Crippen molar-refractivity contribution in [3.8, 4) is 11.1 Å². The summed E-state index contributed by atoms with van der Waals surface area (Å²) >= 11 is 0. The van der Waals surface area contributed by atoms with Crippen molar-refractivity contribution in [2.75, 3.05) is 0 Å². The van der Waals surface area contributed by atoms with E-state index in [2.05, 4.69) is 36.2 Å². The van der Waals surface area contributed by atoms with E-state index in [9.17, 15) is 0 Å². The molecule has 0 saturated carbocycles. The number of nitrogens with zero attached hydrogens (tertiary/aromatic N) is 2. The SMILES string of the molecule is Cc1ccc2c(c1)C(=Nc1ccccc1)c1cnc(C)cc1-2. The Hall–Kier alpha value is -2.74. The van der Waals surface area contributed by atoms with Gasteiger partial charge in [0.1, 0.15) is 0 Å². The van der Waals surface area contributed by atoms with Crippen molar-refractivity contribution in [2.45, 2.75) is 13.8 Å². The van der Waals surface area contributed by atoms with Crippen molar-refractivity contribution in [3.63, 3.8) is 0 Å². The Bertz CT molecular complexity index is 893. The van der Waals surface area contributed by atoms with Crippen LogP contribution >= 0.6 is 0 Å². The normalized spacial score (nSPS) is 14.0. The highest BCUT2D eigenvalue weighted by Gasteiger charge is 2.25. The van der Waals surface area contributed by atoms with Gasteiger partial charge in [0.15, 0.2) is 0 Å². The highest BCUT2D eigenvalue weighted by Crippen LogP contribution is 2.38. The maximum absolute atomic E-state index is 4.89. The molecule has 0 unspecified atom stereocenters. The van der Waals surface area contributed by atoms with Crippen molar-refractivity contribution in [3.05, 3.63) is 83.2 Å². The van der Waals surface area contributed by atoms with Crippen LogP contribution in [0.5, 0.6) is 0 Å². The average molecular weight is 284 g/mol. The largest absolute Gasteiger partial charge is 0.261 e. The first kappa shape index (κ1) is 13.0. The summed E-state index contributed by atoms with van der Waals surface area (Å²) in [6, 6.07) is 18.8. The molecule has 0 atom stereocenters. The first-order valence-corrected chi connectivity index (χ1v) is 7.44. The first-order chi connectivity index (χ1) is 10.7. The molecule has 22 heavy (non-hydrogen) atoms. The predicted molar refractivity (Wildman–Crippen MR) is 90.9 cm³/mol.